The molecule has 22 heavy (non-hydrogen) atoms. The van der Waals surface area contributed by atoms with E-state index in [2.05, 4.69) is 10.3 Å². The fourth-order valence-electron chi connectivity index (χ4n) is 1.76. The standard InChI is InChI=1S/C15H19N3O2S.ClH/c1-10(20-2)15-18-13(9-21-15)8-17-14(19)12-5-3-11(7-16)4-6-12;/h3-6,9-10H,7-8,16H2,1-2H3,(H,17,19);1H. The molecule has 1 atom stereocenters. The molecule has 2 rings (SSSR count). The van der Waals surface area contributed by atoms with Crippen LogP contribution in [0.2, 0.25) is 0 Å². The number of nitrogens with two attached hydrogens (primary N) is 1. The van der Waals surface area contributed by atoms with Crippen LogP contribution in [0.25, 0.3) is 0 Å². The highest BCUT2D eigenvalue weighted by Crippen LogP contribution is 2.20. The summed E-state index contributed by atoms with van der Waals surface area (Å²) in [6.07, 6.45) is -0.0248. The van der Waals surface area contributed by atoms with Gasteiger partial charge in [-0.1, -0.05) is 12.1 Å². The highest BCUT2D eigenvalue weighted by atomic mass is 35.5. The van der Waals surface area contributed by atoms with E-state index < -0.39 is 0 Å². The maximum Gasteiger partial charge on any atom is 0.251 e. The lowest BCUT2D eigenvalue weighted by atomic mass is 10.1. The lowest BCUT2D eigenvalue weighted by Crippen LogP contribution is -2.23. The number of aromatic nitrogens is 1. The molecule has 3 N–H and O–H groups in total. The largest absolute Gasteiger partial charge is 0.375 e. The van der Waals surface area contributed by atoms with Crippen molar-refractivity contribution >= 4 is 29.7 Å². The van der Waals surface area contributed by atoms with Crippen molar-refractivity contribution in [2.24, 2.45) is 5.73 Å². The van der Waals surface area contributed by atoms with Crippen LogP contribution in [0.3, 0.4) is 0 Å². The maximum atomic E-state index is 12.0. The van der Waals surface area contributed by atoms with Gasteiger partial charge in [0, 0.05) is 24.6 Å². The van der Waals surface area contributed by atoms with Gasteiger partial charge in [-0.3, -0.25) is 4.79 Å². The molecule has 1 aromatic heterocycles. The van der Waals surface area contributed by atoms with Gasteiger partial charge in [-0.2, -0.15) is 0 Å². The van der Waals surface area contributed by atoms with Gasteiger partial charge in [-0.15, -0.1) is 23.7 Å². The van der Waals surface area contributed by atoms with Crippen LogP contribution in [0.5, 0.6) is 0 Å². The number of carbonyl (C=O) groups is 1. The van der Waals surface area contributed by atoms with E-state index in [0.29, 0.717) is 18.7 Å². The molecule has 7 heteroatoms. The number of nitrogens with one attached hydrogen (secondary N) is 1. The molecule has 5 nitrogen and oxygen atoms in total. The smallest absolute Gasteiger partial charge is 0.251 e. The number of carbonyl (C=O) groups excluding carboxylic acids is 1. The van der Waals surface area contributed by atoms with Crippen molar-refractivity contribution in [3.05, 3.63) is 51.5 Å². The zero-order chi connectivity index (χ0) is 15.2. The van der Waals surface area contributed by atoms with Crippen molar-refractivity contribution in [3.63, 3.8) is 0 Å². The van der Waals surface area contributed by atoms with Crippen molar-refractivity contribution in [1.29, 1.82) is 0 Å². The van der Waals surface area contributed by atoms with Gasteiger partial charge >= 0.3 is 0 Å². The first-order valence-corrected chi connectivity index (χ1v) is 7.56. The van der Waals surface area contributed by atoms with E-state index in [1.807, 2.05) is 24.4 Å². The molecule has 0 aliphatic carbocycles. The summed E-state index contributed by atoms with van der Waals surface area (Å²) >= 11 is 1.53. The van der Waals surface area contributed by atoms with Crippen molar-refractivity contribution in [2.75, 3.05) is 7.11 Å². The molecule has 0 saturated heterocycles. The Morgan fingerprint density at radius 1 is 1.41 bits per heavy atom. The Morgan fingerprint density at radius 2 is 2.09 bits per heavy atom. The highest BCUT2D eigenvalue weighted by molar-refractivity contribution is 7.09. The fraction of sp³-hybridized carbons (Fsp3) is 0.333. The molecule has 120 valence electrons. The first kappa shape index (κ1) is 18.6. The predicted molar refractivity (Wildman–Crippen MR) is 90.3 cm³/mol. The van der Waals surface area contributed by atoms with Crippen LogP contribution in [0.1, 0.15) is 39.7 Å². The van der Waals surface area contributed by atoms with E-state index in [1.54, 1.807) is 19.2 Å². The first-order chi connectivity index (χ1) is 10.1. The summed E-state index contributed by atoms with van der Waals surface area (Å²) in [6, 6.07) is 7.26. The van der Waals surface area contributed by atoms with Gasteiger partial charge in [-0.05, 0) is 24.6 Å². The van der Waals surface area contributed by atoms with E-state index in [4.69, 9.17) is 10.5 Å². The molecule has 1 aromatic carbocycles. The molecule has 0 spiro atoms. The Hall–Kier alpha value is -1.47. The van der Waals surface area contributed by atoms with Crippen LogP contribution in [0.4, 0.5) is 0 Å². The van der Waals surface area contributed by atoms with E-state index in [9.17, 15) is 4.79 Å². The van der Waals surface area contributed by atoms with Crippen LogP contribution < -0.4 is 11.1 Å². The van der Waals surface area contributed by atoms with Crippen molar-refractivity contribution in [1.82, 2.24) is 10.3 Å². The van der Waals surface area contributed by atoms with Crippen molar-refractivity contribution < 1.29 is 9.53 Å². The molecule has 1 heterocycles. The lowest BCUT2D eigenvalue weighted by molar-refractivity contribution is 0.0950. The van der Waals surface area contributed by atoms with E-state index in [-0.39, 0.29) is 24.4 Å². The topological polar surface area (TPSA) is 77.2 Å². The zero-order valence-corrected chi connectivity index (χ0v) is 14.2. The second-order valence-corrected chi connectivity index (χ2v) is 5.53. The molecule has 0 bridgehead atoms. The SMILES string of the molecule is COC(C)c1nc(CNC(=O)c2ccc(CN)cc2)cs1.Cl. The Morgan fingerprint density at radius 3 is 2.68 bits per heavy atom. The van der Waals surface area contributed by atoms with E-state index in [1.165, 1.54) is 11.3 Å². The molecule has 0 saturated carbocycles. The van der Waals surface area contributed by atoms with Gasteiger partial charge in [0.15, 0.2) is 0 Å². The van der Waals surface area contributed by atoms with Crippen molar-refractivity contribution in [3.8, 4) is 0 Å². The minimum atomic E-state index is -0.118. The third kappa shape index (κ3) is 4.78. The summed E-state index contributed by atoms with van der Waals surface area (Å²) < 4.78 is 5.22. The minimum Gasteiger partial charge on any atom is -0.375 e. The monoisotopic (exact) mass is 341 g/mol. The van der Waals surface area contributed by atoms with Gasteiger partial charge in [0.1, 0.15) is 11.1 Å². The van der Waals surface area contributed by atoms with Crippen LogP contribution in [-0.2, 0) is 17.8 Å². The van der Waals surface area contributed by atoms with Crippen LogP contribution in [-0.4, -0.2) is 18.0 Å². The summed E-state index contributed by atoms with van der Waals surface area (Å²) in [7, 11) is 1.65. The number of methoxy groups -OCH3 is 1. The molecule has 2 aromatic rings. The van der Waals surface area contributed by atoms with E-state index >= 15 is 0 Å². The average Bonchev–Trinajstić information content (AvgIpc) is 3.01. The second kappa shape index (κ2) is 8.85. The summed E-state index contributed by atoms with van der Waals surface area (Å²) in [4.78, 5) is 16.5. The number of benzene rings is 1. The van der Waals surface area contributed by atoms with Crippen molar-refractivity contribution in [2.45, 2.75) is 26.1 Å². The molecule has 1 amide bonds. The number of ether oxygens (including phenoxy) is 1. The van der Waals surface area contributed by atoms with Crippen LogP contribution >= 0.6 is 23.7 Å². The van der Waals surface area contributed by atoms with Crippen LogP contribution in [0.15, 0.2) is 29.6 Å². The summed E-state index contributed by atoms with van der Waals surface area (Å²) in [5.41, 5.74) is 7.99. The second-order valence-electron chi connectivity index (χ2n) is 4.64. The fourth-order valence-corrected chi connectivity index (χ4v) is 2.61. The third-order valence-corrected chi connectivity index (χ3v) is 4.21. The van der Waals surface area contributed by atoms with Gasteiger partial charge in [0.05, 0.1) is 12.2 Å². The summed E-state index contributed by atoms with van der Waals surface area (Å²) in [6.45, 7) is 2.83. The summed E-state index contributed by atoms with van der Waals surface area (Å²) in [5, 5.41) is 5.70. The van der Waals surface area contributed by atoms with Gasteiger partial charge < -0.3 is 15.8 Å². The van der Waals surface area contributed by atoms with Gasteiger partial charge in [0.25, 0.3) is 5.91 Å². The quantitative estimate of drug-likeness (QED) is 0.846. The Bertz CT molecular complexity index is 601. The van der Waals surface area contributed by atoms with Crippen LogP contribution in [0, 0.1) is 0 Å². The highest BCUT2D eigenvalue weighted by Gasteiger charge is 2.10. The van der Waals surface area contributed by atoms with Gasteiger partial charge in [0.2, 0.25) is 0 Å². The Balaban J connectivity index is 0.00000242. The minimum absolute atomic E-state index is 0. The Labute approximate surface area is 140 Å². The number of nitrogens with zero attached hydrogens (tertiary/aromatic N) is 1. The van der Waals surface area contributed by atoms with E-state index in [0.717, 1.165) is 16.3 Å². The number of amides is 1. The molecule has 0 fully saturated rings. The third-order valence-electron chi connectivity index (χ3n) is 3.15. The average molecular weight is 342 g/mol. The molecule has 0 radical (unpaired) electrons. The maximum absolute atomic E-state index is 12.0. The molecular weight excluding hydrogens is 322 g/mol. The number of halogens is 1. The Kier molecular flexibility index (Phi) is 7.47. The molecule has 0 aliphatic rings. The van der Waals surface area contributed by atoms with Gasteiger partial charge in [-0.25, -0.2) is 4.98 Å². The molecule has 1 unspecified atom stereocenters. The predicted octanol–water partition coefficient (Wildman–Crippen LogP) is 2.66. The first-order valence-electron chi connectivity index (χ1n) is 6.68. The number of thiazole rings is 1. The number of hydrogen-bond donors (Lipinski definition) is 2. The normalized spacial score (nSPS) is 11.6. The molecular formula is C15H20ClN3O2S. The lowest BCUT2D eigenvalue weighted by Gasteiger charge is -2.05. The number of rotatable bonds is 6. The number of hydrogen-bond acceptors (Lipinski definition) is 5. The zero-order valence-electron chi connectivity index (χ0n) is 12.5. The summed E-state index contributed by atoms with van der Waals surface area (Å²) in [5.74, 6) is -0.118. The molecule has 0 aliphatic heterocycles.